The highest BCUT2D eigenvalue weighted by Crippen LogP contribution is 2.37. The molecule has 7 rings (SSSR count). The average molecular weight is 566 g/mol. The largest absolute Gasteiger partial charge is 0.310 e. The number of para-hydroxylation sites is 2. The Hall–Kier alpha value is -5.80. The Kier molecular flexibility index (Phi) is 7.51. The number of hydrogen-bond acceptors (Lipinski definition) is 3. The maximum atomic E-state index is 5.03. The van der Waals surface area contributed by atoms with E-state index in [1.165, 1.54) is 11.3 Å². The van der Waals surface area contributed by atoms with Crippen molar-refractivity contribution in [2.45, 2.75) is 6.92 Å². The summed E-state index contributed by atoms with van der Waals surface area (Å²) in [6.45, 7) is 2.16. The Morgan fingerprint density at radius 3 is 1.59 bits per heavy atom. The van der Waals surface area contributed by atoms with Gasteiger partial charge in [-0.1, -0.05) is 127 Å². The molecule has 0 radical (unpaired) electrons. The van der Waals surface area contributed by atoms with Gasteiger partial charge in [0, 0.05) is 33.8 Å². The van der Waals surface area contributed by atoms with Gasteiger partial charge in [-0.3, -0.25) is 0 Å². The van der Waals surface area contributed by atoms with Crippen molar-refractivity contribution in [3.63, 3.8) is 0 Å². The summed E-state index contributed by atoms with van der Waals surface area (Å²) >= 11 is 0. The molecule has 7 aromatic rings. The van der Waals surface area contributed by atoms with Crippen molar-refractivity contribution in [1.29, 1.82) is 0 Å². The third-order valence-corrected chi connectivity index (χ3v) is 7.82. The minimum atomic E-state index is 0.717. The van der Waals surface area contributed by atoms with Crippen molar-refractivity contribution in [1.82, 2.24) is 9.97 Å². The average Bonchev–Trinajstić information content (AvgIpc) is 3.11. The lowest BCUT2D eigenvalue weighted by Gasteiger charge is -2.27. The topological polar surface area (TPSA) is 29.0 Å². The lowest BCUT2D eigenvalue weighted by Crippen LogP contribution is -2.11. The first kappa shape index (κ1) is 27.1. The van der Waals surface area contributed by atoms with Gasteiger partial charge >= 0.3 is 0 Å². The molecule has 210 valence electrons. The molecular formula is C41H31N3. The second-order valence-corrected chi connectivity index (χ2v) is 10.8. The summed E-state index contributed by atoms with van der Waals surface area (Å²) in [5, 5.41) is 0. The van der Waals surface area contributed by atoms with Gasteiger partial charge in [-0.2, -0.15) is 0 Å². The van der Waals surface area contributed by atoms with Gasteiger partial charge in [0.25, 0.3) is 0 Å². The van der Waals surface area contributed by atoms with Crippen molar-refractivity contribution in [2.24, 2.45) is 0 Å². The van der Waals surface area contributed by atoms with E-state index in [4.69, 9.17) is 9.97 Å². The van der Waals surface area contributed by atoms with Crippen molar-refractivity contribution in [3.05, 3.63) is 175 Å². The van der Waals surface area contributed by atoms with Gasteiger partial charge in [0.15, 0.2) is 5.82 Å². The lowest BCUT2D eigenvalue weighted by atomic mass is 10.00. The van der Waals surface area contributed by atoms with Crippen LogP contribution < -0.4 is 4.90 Å². The van der Waals surface area contributed by atoms with Crippen LogP contribution in [0.1, 0.15) is 5.56 Å². The molecule has 0 saturated heterocycles. The minimum Gasteiger partial charge on any atom is -0.310 e. The van der Waals surface area contributed by atoms with Crippen LogP contribution in [0.5, 0.6) is 0 Å². The molecule has 6 aromatic carbocycles. The molecule has 0 bridgehead atoms. The van der Waals surface area contributed by atoms with Gasteiger partial charge in [0.05, 0.1) is 11.4 Å². The van der Waals surface area contributed by atoms with Gasteiger partial charge < -0.3 is 4.90 Å². The number of benzene rings is 6. The molecule has 0 spiro atoms. The molecular weight excluding hydrogens is 534 g/mol. The standard InChI is InChI=1S/C41H31N3/c1-30-14-11-12-23-40(30)44(36-21-9-4-10-22-36)37-26-24-31(25-27-37)34-19-13-20-35(28-34)39-29-38(32-15-5-2-6-16-32)42-41(43-39)33-17-7-3-8-18-33/h2-29H,1H3. The summed E-state index contributed by atoms with van der Waals surface area (Å²) in [4.78, 5) is 12.3. The lowest BCUT2D eigenvalue weighted by molar-refractivity contribution is 1.18. The van der Waals surface area contributed by atoms with Crippen LogP contribution in [-0.2, 0) is 0 Å². The number of rotatable bonds is 7. The highest BCUT2D eigenvalue weighted by molar-refractivity contribution is 5.81. The van der Waals surface area contributed by atoms with Gasteiger partial charge in [-0.25, -0.2) is 9.97 Å². The number of anilines is 3. The zero-order valence-electron chi connectivity index (χ0n) is 24.5. The molecule has 44 heavy (non-hydrogen) atoms. The van der Waals surface area contributed by atoms with E-state index in [0.29, 0.717) is 5.82 Å². The first-order valence-electron chi connectivity index (χ1n) is 14.8. The molecule has 0 aliphatic rings. The van der Waals surface area contributed by atoms with Gasteiger partial charge in [0.1, 0.15) is 0 Å². The third kappa shape index (κ3) is 5.64. The van der Waals surface area contributed by atoms with Gasteiger partial charge in [-0.05, 0) is 66.1 Å². The predicted octanol–water partition coefficient (Wildman–Crippen LogP) is 10.9. The SMILES string of the molecule is Cc1ccccc1N(c1ccccc1)c1ccc(-c2cccc(-c3cc(-c4ccccc4)nc(-c4ccccc4)n3)c2)cc1. The number of hydrogen-bond donors (Lipinski definition) is 0. The summed E-state index contributed by atoms with van der Waals surface area (Å²) in [5.41, 5.74) is 11.8. The smallest absolute Gasteiger partial charge is 0.160 e. The summed E-state index contributed by atoms with van der Waals surface area (Å²) in [6, 6.07) is 59.0. The van der Waals surface area contributed by atoms with Crippen LogP contribution >= 0.6 is 0 Å². The van der Waals surface area contributed by atoms with Crippen molar-refractivity contribution >= 4 is 17.1 Å². The molecule has 0 aliphatic carbocycles. The molecule has 0 aliphatic heterocycles. The maximum Gasteiger partial charge on any atom is 0.160 e. The van der Waals surface area contributed by atoms with Crippen LogP contribution in [0.4, 0.5) is 17.1 Å². The normalized spacial score (nSPS) is 10.8. The highest BCUT2D eigenvalue weighted by Gasteiger charge is 2.15. The number of aryl methyl sites for hydroxylation is 1. The zero-order valence-corrected chi connectivity index (χ0v) is 24.5. The third-order valence-electron chi connectivity index (χ3n) is 7.82. The molecule has 0 N–H and O–H groups in total. The molecule has 0 atom stereocenters. The molecule has 3 heteroatoms. The Morgan fingerprint density at radius 1 is 0.386 bits per heavy atom. The van der Waals surface area contributed by atoms with Crippen LogP contribution in [0.2, 0.25) is 0 Å². The van der Waals surface area contributed by atoms with E-state index in [-0.39, 0.29) is 0 Å². The number of aromatic nitrogens is 2. The fraction of sp³-hybridized carbons (Fsp3) is 0.0244. The first-order chi connectivity index (χ1) is 21.7. The second kappa shape index (κ2) is 12.2. The summed E-state index contributed by atoms with van der Waals surface area (Å²) in [5.74, 6) is 0.717. The molecule has 3 nitrogen and oxygen atoms in total. The predicted molar refractivity (Wildman–Crippen MR) is 183 cm³/mol. The van der Waals surface area contributed by atoms with E-state index in [1.54, 1.807) is 0 Å². The van der Waals surface area contributed by atoms with Gasteiger partial charge in [-0.15, -0.1) is 0 Å². The quantitative estimate of drug-likeness (QED) is 0.192. The Bertz CT molecular complexity index is 1940. The van der Waals surface area contributed by atoms with Gasteiger partial charge in [0.2, 0.25) is 0 Å². The van der Waals surface area contributed by atoms with Crippen LogP contribution in [0.15, 0.2) is 170 Å². The van der Waals surface area contributed by atoms with E-state index in [0.717, 1.165) is 50.6 Å². The van der Waals surface area contributed by atoms with E-state index < -0.39 is 0 Å². The first-order valence-corrected chi connectivity index (χ1v) is 14.8. The monoisotopic (exact) mass is 565 g/mol. The van der Waals surface area contributed by atoms with E-state index in [2.05, 4.69) is 145 Å². The molecule has 0 saturated carbocycles. The molecule has 0 unspecified atom stereocenters. The van der Waals surface area contributed by atoms with Crippen LogP contribution in [0, 0.1) is 6.92 Å². The van der Waals surface area contributed by atoms with E-state index in [1.807, 2.05) is 36.4 Å². The molecule has 0 fully saturated rings. The fourth-order valence-electron chi connectivity index (χ4n) is 5.55. The summed E-state index contributed by atoms with van der Waals surface area (Å²) < 4.78 is 0. The Balaban J connectivity index is 1.27. The van der Waals surface area contributed by atoms with E-state index >= 15 is 0 Å². The van der Waals surface area contributed by atoms with Crippen molar-refractivity contribution in [2.75, 3.05) is 4.90 Å². The van der Waals surface area contributed by atoms with Crippen molar-refractivity contribution in [3.8, 4) is 45.0 Å². The molecule has 1 aromatic heterocycles. The van der Waals surface area contributed by atoms with Crippen LogP contribution in [-0.4, -0.2) is 9.97 Å². The molecule has 0 amide bonds. The molecule has 1 heterocycles. The second-order valence-electron chi connectivity index (χ2n) is 10.8. The summed E-state index contributed by atoms with van der Waals surface area (Å²) in [6.07, 6.45) is 0. The number of nitrogens with zero attached hydrogens (tertiary/aromatic N) is 3. The fourth-order valence-corrected chi connectivity index (χ4v) is 5.55. The van der Waals surface area contributed by atoms with Crippen LogP contribution in [0.3, 0.4) is 0 Å². The summed E-state index contributed by atoms with van der Waals surface area (Å²) in [7, 11) is 0. The van der Waals surface area contributed by atoms with Crippen LogP contribution in [0.25, 0.3) is 45.0 Å². The van der Waals surface area contributed by atoms with Crippen molar-refractivity contribution < 1.29 is 0 Å². The van der Waals surface area contributed by atoms with E-state index in [9.17, 15) is 0 Å². The Labute approximate surface area is 258 Å². The Morgan fingerprint density at radius 2 is 0.909 bits per heavy atom. The highest BCUT2D eigenvalue weighted by atomic mass is 15.1. The minimum absolute atomic E-state index is 0.717. The zero-order chi connectivity index (χ0) is 29.7. The maximum absolute atomic E-state index is 5.03.